The van der Waals surface area contributed by atoms with E-state index in [0.29, 0.717) is 5.65 Å². The first-order valence-electron chi connectivity index (χ1n) is 9.40. The molecule has 140 valence electrons. The average Bonchev–Trinajstić information content (AvgIpc) is 3.23. The second-order valence-corrected chi connectivity index (χ2v) is 6.82. The highest BCUT2D eigenvalue weighted by molar-refractivity contribution is 5.71. The highest BCUT2D eigenvalue weighted by Gasteiger charge is 2.20. The molecule has 1 saturated heterocycles. The largest absolute Gasteiger partial charge is 0.447 e. The molecule has 0 amide bonds. The maximum absolute atomic E-state index is 5.69. The van der Waals surface area contributed by atoms with Crippen LogP contribution in [-0.4, -0.2) is 51.0 Å². The number of benzene rings is 1. The second-order valence-electron chi connectivity index (χ2n) is 6.82. The summed E-state index contributed by atoms with van der Waals surface area (Å²) in [5, 5.41) is 0. The van der Waals surface area contributed by atoms with Gasteiger partial charge in [0.25, 0.3) is 0 Å². The minimum Gasteiger partial charge on any atom is -0.447 e. The first-order chi connectivity index (χ1) is 13.8. The van der Waals surface area contributed by atoms with Gasteiger partial charge in [-0.05, 0) is 12.1 Å². The summed E-state index contributed by atoms with van der Waals surface area (Å²) in [5.41, 5.74) is 3.47. The molecule has 1 fully saturated rings. The number of aromatic nitrogens is 4. The Morgan fingerprint density at radius 3 is 2.54 bits per heavy atom. The summed E-state index contributed by atoms with van der Waals surface area (Å²) >= 11 is 0. The zero-order valence-electron chi connectivity index (χ0n) is 15.4. The van der Waals surface area contributed by atoms with Crippen molar-refractivity contribution in [2.75, 3.05) is 31.1 Å². The molecule has 4 aromatic rings. The minimum atomic E-state index is 0.690. The van der Waals surface area contributed by atoms with E-state index in [4.69, 9.17) is 4.42 Å². The Kier molecular flexibility index (Phi) is 4.42. The summed E-state index contributed by atoms with van der Waals surface area (Å²) in [7, 11) is 0. The van der Waals surface area contributed by atoms with Crippen molar-refractivity contribution in [1.29, 1.82) is 0 Å². The number of piperazine rings is 1. The van der Waals surface area contributed by atoms with Gasteiger partial charge in [0.2, 0.25) is 5.89 Å². The van der Waals surface area contributed by atoms with Gasteiger partial charge in [0.15, 0.2) is 5.65 Å². The van der Waals surface area contributed by atoms with E-state index >= 15 is 0 Å². The van der Waals surface area contributed by atoms with Crippen LogP contribution in [0.3, 0.4) is 0 Å². The summed E-state index contributed by atoms with van der Waals surface area (Å²) in [5.74, 6) is 1.71. The van der Waals surface area contributed by atoms with E-state index in [1.165, 1.54) is 0 Å². The lowest BCUT2D eigenvalue weighted by Crippen LogP contribution is -2.46. The molecular weight excluding hydrogens is 352 g/mol. The number of rotatable bonds is 4. The molecule has 0 aliphatic carbocycles. The van der Waals surface area contributed by atoms with Gasteiger partial charge in [-0.2, -0.15) is 0 Å². The Morgan fingerprint density at radius 1 is 0.857 bits per heavy atom. The molecule has 0 unspecified atom stereocenters. The lowest BCUT2D eigenvalue weighted by atomic mass is 10.2. The smallest absolute Gasteiger partial charge is 0.208 e. The molecule has 0 radical (unpaired) electrons. The standard InChI is InChI=1S/C21H20N6O/c1-2-4-16(5-3-1)18-15-28-20(24-18)14-26-10-12-27(13-11-26)19-7-6-17-21(25-19)23-9-8-22-17/h1-9,15H,10-14H2. The average molecular weight is 372 g/mol. The first kappa shape index (κ1) is 16.8. The zero-order valence-corrected chi connectivity index (χ0v) is 15.4. The molecular formula is C21H20N6O. The molecule has 0 atom stereocenters. The number of hydrogen-bond donors (Lipinski definition) is 0. The molecule has 7 nitrogen and oxygen atoms in total. The third-order valence-electron chi connectivity index (χ3n) is 4.99. The highest BCUT2D eigenvalue weighted by Crippen LogP contribution is 2.20. The summed E-state index contributed by atoms with van der Waals surface area (Å²) in [6, 6.07) is 14.1. The molecule has 1 aliphatic rings. The molecule has 4 heterocycles. The number of nitrogens with zero attached hydrogens (tertiary/aromatic N) is 6. The molecule has 1 aromatic carbocycles. The van der Waals surface area contributed by atoms with Gasteiger partial charge in [0.1, 0.15) is 23.3 Å². The van der Waals surface area contributed by atoms with Crippen molar-refractivity contribution in [2.45, 2.75) is 6.54 Å². The predicted molar refractivity (Wildman–Crippen MR) is 107 cm³/mol. The molecule has 7 heteroatoms. The van der Waals surface area contributed by atoms with Crippen molar-refractivity contribution in [3.63, 3.8) is 0 Å². The van der Waals surface area contributed by atoms with E-state index in [0.717, 1.165) is 61.2 Å². The maximum atomic E-state index is 5.69. The van der Waals surface area contributed by atoms with Crippen LogP contribution in [0.2, 0.25) is 0 Å². The van der Waals surface area contributed by atoms with Gasteiger partial charge in [-0.3, -0.25) is 9.88 Å². The van der Waals surface area contributed by atoms with Gasteiger partial charge in [-0.1, -0.05) is 30.3 Å². The van der Waals surface area contributed by atoms with Gasteiger partial charge in [-0.15, -0.1) is 0 Å². The fourth-order valence-corrected chi connectivity index (χ4v) is 3.47. The van der Waals surface area contributed by atoms with Crippen LogP contribution in [0.4, 0.5) is 5.82 Å². The quantitative estimate of drug-likeness (QED) is 0.545. The van der Waals surface area contributed by atoms with Crippen LogP contribution in [0.5, 0.6) is 0 Å². The van der Waals surface area contributed by atoms with Crippen LogP contribution < -0.4 is 4.90 Å². The number of oxazole rings is 1. The molecule has 1 aliphatic heterocycles. The number of anilines is 1. The Morgan fingerprint density at radius 2 is 1.68 bits per heavy atom. The number of pyridine rings is 1. The monoisotopic (exact) mass is 372 g/mol. The summed E-state index contributed by atoms with van der Waals surface area (Å²) in [6.07, 6.45) is 5.10. The van der Waals surface area contributed by atoms with Crippen LogP contribution >= 0.6 is 0 Å². The summed E-state index contributed by atoms with van der Waals surface area (Å²) < 4.78 is 5.69. The Balaban J connectivity index is 1.22. The van der Waals surface area contributed by atoms with Crippen molar-refractivity contribution in [3.05, 3.63) is 67.0 Å². The number of fused-ring (bicyclic) bond motifs is 1. The van der Waals surface area contributed by atoms with Crippen LogP contribution in [0, 0.1) is 0 Å². The normalized spacial score (nSPS) is 15.2. The molecule has 5 rings (SSSR count). The molecule has 0 N–H and O–H groups in total. The first-order valence-corrected chi connectivity index (χ1v) is 9.40. The molecule has 0 spiro atoms. The summed E-state index contributed by atoms with van der Waals surface area (Å²) in [6.45, 7) is 4.40. The molecule has 0 saturated carbocycles. The second kappa shape index (κ2) is 7.36. The van der Waals surface area contributed by atoms with E-state index in [1.807, 2.05) is 42.5 Å². The Bertz CT molecular complexity index is 1070. The topological polar surface area (TPSA) is 71.2 Å². The van der Waals surface area contributed by atoms with Crippen LogP contribution in [0.1, 0.15) is 5.89 Å². The summed E-state index contributed by atoms with van der Waals surface area (Å²) in [4.78, 5) is 22.5. The Hall–Kier alpha value is -3.32. The molecule has 0 bridgehead atoms. The zero-order chi connectivity index (χ0) is 18.8. The number of hydrogen-bond acceptors (Lipinski definition) is 7. The highest BCUT2D eigenvalue weighted by atomic mass is 16.3. The van der Waals surface area contributed by atoms with Gasteiger partial charge in [-0.25, -0.2) is 15.0 Å². The molecule has 3 aromatic heterocycles. The Labute approximate surface area is 162 Å². The SMILES string of the molecule is c1ccc(-c2coc(CN3CCN(c4ccc5nccnc5n4)CC3)n2)cc1. The predicted octanol–water partition coefficient (Wildman–Crippen LogP) is 3.00. The maximum Gasteiger partial charge on any atom is 0.208 e. The van der Waals surface area contributed by atoms with Gasteiger partial charge in [0.05, 0.1) is 6.54 Å². The van der Waals surface area contributed by atoms with E-state index in [2.05, 4.69) is 29.7 Å². The minimum absolute atomic E-state index is 0.690. The molecule has 28 heavy (non-hydrogen) atoms. The van der Waals surface area contributed by atoms with Crippen molar-refractivity contribution in [2.24, 2.45) is 0 Å². The van der Waals surface area contributed by atoms with Gasteiger partial charge < -0.3 is 9.32 Å². The van der Waals surface area contributed by atoms with Crippen LogP contribution in [0.25, 0.3) is 22.4 Å². The van der Waals surface area contributed by atoms with Gasteiger partial charge >= 0.3 is 0 Å². The van der Waals surface area contributed by atoms with Crippen LogP contribution in [-0.2, 0) is 6.54 Å². The van der Waals surface area contributed by atoms with Crippen LogP contribution in [0.15, 0.2) is 65.5 Å². The fraction of sp³-hybridized carbons (Fsp3) is 0.238. The van der Waals surface area contributed by atoms with E-state index < -0.39 is 0 Å². The van der Waals surface area contributed by atoms with Gasteiger partial charge in [0, 0.05) is 44.1 Å². The van der Waals surface area contributed by atoms with Crippen molar-refractivity contribution in [1.82, 2.24) is 24.8 Å². The van der Waals surface area contributed by atoms with Crippen molar-refractivity contribution >= 4 is 17.0 Å². The van der Waals surface area contributed by atoms with E-state index in [1.54, 1.807) is 18.7 Å². The van der Waals surface area contributed by atoms with E-state index in [-0.39, 0.29) is 0 Å². The van der Waals surface area contributed by atoms with Crippen molar-refractivity contribution in [3.8, 4) is 11.3 Å². The van der Waals surface area contributed by atoms with Crippen molar-refractivity contribution < 1.29 is 4.42 Å². The lowest BCUT2D eigenvalue weighted by Gasteiger charge is -2.34. The lowest BCUT2D eigenvalue weighted by molar-refractivity contribution is 0.226. The third kappa shape index (κ3) is 3.44. The third-order valence-corrected chi connectivity index (χ3v) is 4.99. The van der Waals surface area contributed by atoms with E-state index in [9.17, 15) is 0 Å². The fourth-order valence-electron chi connectivity index (χ4n) is 3.47.